The van der Waals surface area contributed by atoms with Crippen LogP contribution in [0.2, 0.25) is 0 Å². The fourth-order valence-corrected chi connectivity index (χ4v) is 9.70. The van der Waals surface area contributed by atoms with Crippen LogP contribution in [0.25, 0.3) is 33.4 Å². The van der Waals surface area contributed by atoms with Gasteiger partial charge in [0.15, 0.2) is 0 Å². The molecule has 0 bridgehead atoms. The molecular weight excluding hydrogens is 655 g/mol. The van der Waals surface area contributed by atoms with Crippen molar-refractivity contribution >= 4 is 17.1 Å². The number of benzene rings is 8. The van der Waals surface area contributed by atoms with Gasteiger partial charge in [0.25, 0.3) is 0 Å². The normalized spacial score (nSPS) is 14.6. The molecule has 0 radical (unpaired) electrons. The van der Waals surface area contributed by atoms with Crippen LogP contribution in [-0.4, -0.2) is 0 Å². The molecule has 0 N–H and O–H groups in total. The van der Waals surface area contributed by atoms with Gasteiger partial charge < -0.3 is 9.64 Å². The first-order valence-corrected chi connectivity index (χ1v) is 18.8. The molecule has 11 rings (SSSR count). The lowest BCUT2D eigenvalue weighted by molar-refractivity contribution is 0.436. The Morgan fingerprint density at radius 3 is 1.54 bits per heavy atom. The maximum absolute atomic E-state index is 6.96. The van der Waals surface area contributed by atoms with E-state index in [0.29, 0.717) is 0 Å². The maximum atomic E-state index is 6.96. The third-order valence-electron chi connectivity index (χ3n) is 12.1. The summed E-state index contributed by atoms with van der Waals surface area (Å²) in [5.41, 5.74) is 17.9. The second kappa shape index (κ2) is 11.4. The molecule has 2 nitrogen and oxygen atoms in total. The van der Waals surface area contributed by atoms with Crippen LogP contribution in [0, 0.1) is 0 Å². The lowest BCUT2D eigenvalue weighted by Crippen LogP contribution is -2.32. The third-order valence-corrected chi connectivity index (χ3v) is 12.1. The average Bonchev–Trinajstić information content (AvgIpc) is 3.64. The van der Waals surface area contributed by atoms with Crippen molar-refractivity contribution in [2.45, 2.75) is 24.7 Å². The van der Waals surface area contributed by atoms with Crippen molar-refractivity contribution in [1.29, 1.82) is 0 Å². The Balaban J connectivity index is 1.12. The van der Waals surface area contributed by atoms with E-state index in [0.717, 1.165) is 34.1 Å². The summed E-state index contributed by atoms with van der Waals surface area (Å²) in [6.07, 6.45) is 0. The number of para-hydroxylation sites is 1. The Kier molecular flexibility index (Phi) is 6.55. The summed E-state index contributed by atoms with van der Waals surface area (Å²) in [7, 11) is 0. The number of anilines is 3. The molecule has 54 heavy (non-hydrogen) atoms. The first kappa shape index (κ1) is 30.9. The Morgan fingerprint density at radius 2 is 0.833 bits per heavy atom. The van der Waals surface area contributed by atoms with E-state index in [1.54, 1.807) is 0 Å². The Bertz CT molecular complexity index is 2730. The van der Waals surface area contributed by atoms with Gasteiger partial charge in [-0.2, -0.15) is 0 Å². The fraction of sp³-hybridized carbons (Fsp3) is 0.0769. The molecule has 0 fully saturated rings. The van der Waals surface area contributed by atoms with Crippen molar-refractivity contribution < 1.29 is 4.74 Å². The van der Waals surface area contributed by atoms with Gasteiger partial charge in [-0.15, -0.1) is 0 Å². The number of hydrogen-bond donors (Lipinski definition) is 0. The SMILES string of the molecule is CC1(C)c2ccccc2-c2ccc(N(c3ccc(-c4ccccc4)cc3)c3ccc4c(c3)Oc3ccccc3C43c4ccccc4-c4ccccc43)cc21. The Hall–Kier alpha value is -6.64. The standard InChI is InChI=1S/C52H37NO/c1-51(2)43-19-9-6-16-39(43)42-30-28-37(32-48(42)51)53(36-26-24-35(25-27-36)34-14-4-3-5-15-34)38-29-31-47-50(33-38)54-49-23-13-12-22-46(49)52(47)44-20-10-7-17-40(44)41-18-8-11-21-45(41)52/h3-33H,1-2H3. The van der Waals surface area contributed by atoms with E-state index in [9.17, 15) is 0 Å². The molecule has 0 saturated carbocycles. The highest BCUT2D eigenvalue weighted by molar-refractivity contribution is 5.90. The zero-order valence-electron chi connectivity index (χ0n) is 30.3. The largest absolute Gasteiger partial charge is 0.457 e. The highest BCUT2D eigenvalue weighted by Gasteiger charge is 2.51. The summed E-state index contributed by atoms with van der Waals surface area (Å²) < 4.78 is 6.96. The van der Waals surface area contributed by atoms with Crippen molar-refractivity contribution in [3.8, 4) is 44.9 Å². The minimum atomic E-state index is -0.499. The van der Waals surface area contributed by atoms with Crippen LogP contribution in [0.4, 0.5) is 17.1 Å². The number of nitrogens with zero attached hydrogens (tertiary/aromatic N) is 1. The van der Waals surface area contributed by atoms with Crippen LogP contribution >= 0.6 is 0 Å². The summed E-state index contributed by atoms with van der Waals surface area (Å²) in [4.78, 5) is 2.39. The van der Waals surface area contributed by atoms with Crippen LogP contribution in [0.5, 0.6) is 11.5 Å². The fourth-order valence-electron chi connectivity index (χ4n) is 9.70. The number of hydrogen-bond acceptors (Lipinski definition) is 2. The van der Waals surface area contributed by atoms with Crippen LogP contribution in [0.1, 0.15) is 47.2 Å². The molecule has 1 aliphatic heterocycles. The summed E-state index contributed by atoms with van der Waals surface area (Å²) >= 11 is 0. The first-order chi connectivity index (χ1) is 26.5. The molecule has 2 heteroatoms. The van der Waals surface area contributed by atoms with Gasteiger partial charge in [-0.25, -0.2) is 0 Å². The van der Waals surface area contributed by atoms with Crippen molar-refractivity contribution in [1.82, 2.24) is 0 Å². The minimum absolute atomic E-state index is 0.122. The van der Waals surface area contributed by atoms with E-state index < -0.39 is 5.41 Å². The van der Waals surface area contributed by atoms with Gasteiger partial charge >= 0.3 is 0 Å². The van der Waals surface area contributed by atoms with E-state index in [2.05, 4.69) is 207 Å². The van der Waals surface area contributed by atoms with Crippen LogP contribution in [-0.2, 0) is 10.8 Å². The van der Waals surface area contributed by atoms with Crippen molar-refractivity contribution in [2.75, 3.05) is 4.90 Å². The van der Waals surface area contributed by atoms with Crippen molar-refractivity contribution in [3.05, 3.63) is 221 Å². The second-order valence-corrected chi connectivity index (χ2v) is 15.3. The van der Waals surface area contributed by atoms with E-state index in [1.807, 2.05) is 0 Å². The molecule has 256 valence electrons. The van der Waals surface area contributed by atoms with Gasteiger partial charge in [-0.3, -0.25) is 0 Å². The molecule has 8 aromatic rings. The molecule has 1 heterocycles. The Labute approximate surface area is 316 Å². The van der Waals surface area contributed by atoms with Crippen LogP contribution in [0.15, 0.2) is 188 Å². The molecule has 0 saturated heterocycles. The highest BCUT2D eigenvalue weighted by atomic mass is 16.5. The topological polar surface area (TPSA) is 12.5 Å². The molecule has 1 spiro atoms. The first-order valence-electron chi connectivity index (χ1n) is 18.8. The molecule has 0 unspecified atom stereocenters. The van der Waals surface area contributed by atoms with Gasteiger partial charge in [0, 0.05) is 39.7 Å². The van der Waals surface area contributed by atoms with Crippen LogP contribution < -0.4 is 9.64 Å². The predicted octanol–water partition coefficient (Wildman–Crippen LogP) is 13.6. The summed E-state index contributed by atoms with van der Waals surface area (Å²) in [6.45, 7) is 4.70. The van der Waals surface area contributed by atoms with E-state index >= 15 is 0 Å². The molecular formula is C52H37NO. The zero-order valence-corrected chi connectivity index (χ0v) is 30.3. The van der Waals surface area contributed by atoms with E-state index in [-0.39, 0.29) is 5.41 Å². The predicted molar refractivity (Wildman–Crippen MR) is 222 cm³/mol. The second-order valence-electron chi connectivity index (χ2n) is 15.3. The van der Waals surface area contributed by atoms with E-state index in [4.69, 9.17) is 4.74 Å². The Morgan fingerprint density at radius 1 is 0.352 bits per heavy atom. The van der Waals surface area contributed by atoms with Gasteiger partial charge in [0.1, 0.15) is 11.5 Å². The molecule has 0 atom stereocenters. The quantitative estimate of drug-likeness (QED) is 0.182. The molecule has 3 aliphatic rings. The zero-order chi connectivity index (χ0) is 36.0. The van der Waals surface area contributed by atoms with Crippen LogP contribution in [0.3, 0.4) is 0 Å². The van der Waals surface area contributed by atoms with Gasteiger partial charge in [0.2, 0.25) is 0 Å². The van der Waals surface area contributed by atoms with Crippen molar-refractivity contribution in [2.24, 2.45) is 0 Å². The lowest BCUT2D eigenvalue weighted by atomic mass is 9.66. The minimum Gasteiger partial charge on any atom is -0.457 e. The maximum Gasteiger partial charge on any atom is 0.134 e. The van der Waals surface area contributed by atoms with Gasteiger partial charge in [0.05, 0.1) is 5.41 Å². The third kappa shape index (κ3) is 4.22. The van der Waals surface area contributed by atoms with Gasteiger partial charge in [-0.1, -0.05) is 159 Å². The number of rotatable bonds is 4. The lowest BCUT2D eigenvalue weighted by Gasteiger charge is -2.40. The monoisotopic (exact) mass is 691 g/mol. The van der Waals surface area contributed by atoms with E-state index in [1.165, 1.54) is 61.2 Å². The molecule has 2 aliphatic carbocycles. The molecule has 0 amide bonds. The summed E-state index contributed by atoms with van der Waals surface area (Å²) in [6, 6.07) is 68.7. The number of ether oxygens (including phenoxy) is 1. The summed E-state index contributed by atoms with van der Waals surface area (Å²) in [5, 5.41) is 0. The number of fused-ring (bicyclic) bond motifs is 12. The average molecular weight is 692 g/mol. The summed E-state index contributed by atoms with van der Waals surface area (Å²) in [5.74, 6) is 1.77. The van der Waals surface area contributed by atoms with Crippen molar-refractivity contribution in [3.63, 3.8) is 0 Å². The highest BCUT2D eigenvalue weighted by Crippen LogP contribution is 2.62. The molecule has 0 aromatic heterocycles. The molecule has 8 aromatic carbocycles. The smallest absolute Gasteiger partial charge is 0.134 e. The van der Waals surface area contributed by atoms with Gasteiger partial charge in [-0.05, 0) is 92.0 Å².